The molecule has 0 N–H and O–H groups in total. The Hall–Kier alpha value is -2.63. The minimum absolute atomic E-state index is 0.746. The van der Waals surface area contributed by atoms with Crippen LogP contribution in [0.3, 0.4) is 0 Å². The van der Waals surface area contributed by atoms with Gasteiger partial charge in [-0.3, -0.25) is 0 Å². The lowest BCUT2D eigenvalue weighted by Gasteiger charge is -2.11. The van der Waals surface area contributed by atoms with Crippen LogP contribution in [-0.2, 0) is 13.1 Å². The summed E-state index contributed by atoms with van der Waals surface area (Å²) < 4.78 is 4.42. The van der Waals surface area contributed by atoms with Crippen LogP contribution in [0.25, 0.3) is 11.3 Å². The van der Waals surface area contributed by atoms with Gasteiger partial charge in [0.25, 0.3) is 0 Å². The average molecular weight is 423 g/mol. The smallest absolute Gasteiger partial charge is 0.190 e. The standard InChI is InChI=1S/C23H23ClN4S/c1-17-5-3-6-18(2)22(17)26-23-28(13-4-12-27-14-11-25-16-27)21(15-29-23)19-7-9-20(24)10-8-19/h3,5-11,14-16H,4,12-13H2,1-2H3. The summed E-state index contributed by atoms with van der Waals surface area (Å²) in [6.45, 7) is 6.03. The molecule has 2 heterocycles. The number of aromatic nitrogens is 3. The van der Waals surface area contributed by atoms with Crippen LogP contribution in [-0.4, -0.2) is 14.1 Å². The van der Waals surface area contributed by atoms with E-state index in [1.165, 1.54) is 16.8 Å². The third kappa shape index (κ3) is 4.52. The summed E-state index contributed by atoms with van der Waals surface area (Å²) in [4.78, 5) is 10.2. The minimum atomic E-state index is 0.746. The van der Waals surface area contributed by atoms with Gasteiger partial charge < -0.3 is 9.13 Å². The summed E-state index contributed by atoms with van der Waals surface area (Å²) in [5, 5.41) is 2.93. The highest BCUT2D eigenvalue weighted by molar-refractivity contribution is 7.07. The summed E-state index contributed by atoms with van der Waals surface area (Å²) in [6, 6.07) is 14.3. The number of thiazole rings is 1. The molecule has 0 bridgehead atoms. The van der Waals surface area contributed by atoms with E-state index in [-0.39, 0.29) is 0 Å². The number of nitrogens with zero attached hydrogens (tertiary/aromatic N) is 4. The summed E-state index contributed by atoms with van der Waals surface area (Å²) in [7, 11) is 0. The molecule has 0 amide bonds. The van der Waals surface area contributed by atoms with Crippen LogP contribution >= 0.6 is 22.9 Å². The van der Waals surface area contributed by atoms with Gasteiger partial charge in [0, 0.05) is 35.9 Å². The van der Waals surface area contributed by atoms with Gasteiger partial charge in [0.15, 0.2) is 4.80 Å². The van der Waals surface area contributed by atoms with Crippen LogP contribution in [0.5, 0.6) is 0 Å². The van der Waals surface area contributed by atoms with Crippen molar-refractivity contribution in [2.24, 2.45) is 4.99 Å². The summed E-state index contributed by atoms with van der Waals surface area (Å²) in [6.07, 6.45) is 6.67. The highest BCUT2D eigenvalue weighted by Crippen LogP contribution is 2.25. The zero-order valence-electron chi connectivity index (χ0n) is 16.5. The molecule has 0 fully saturated rings. The zero-order valence-corrected chi connectivity index (χ0v) is 18.1. The Morgan fingerprint density at radius 2 is 1.79 bits per heavy atom. The van der Waals surface area contributed by atoms with Crippen molar-refractivity contribution >= 4 is 28.6 Å². The lowest BCUT2D eigenvalue weighted by Crippen LogP contribution is -2.17. The molecule has 0 aliphatic heterocycles. The minimum Gasteiger partial charge on any atom is -0.337 e. The number of hydrogen-bond donors (Lipinski definition) is 0. The molecule has 4 aromatic rings. The molecule has 4 rings (SSSR count). The number of rotatable bonds is 6. The maximum absolute atomic E-state index is 6.10. The second-order valence-corrected chi connectivity index (χ2v) is 8.34. The monoisotopic (exact) mass is 422 g/mol. The first kappa shape index (κ1) is 19.7. The van der Waals surface area contributed by atoms with E-state index < -0.39 is 0 Å². The normalized spacial score (nSPS) is 11.9. The van der Waals surface area contributed by atoms with Crippen LogP contribution < -0.4 is 4.80 Å². The Balaban J connectivity index is 1.74. The van der Waals surface area contributed by atoms with Gasteiger partial charge in [-0.1, -0.05) is 41.9 Å². The Bertz CT molecular complexity index is 1130. The molecule has 0 spiro atoms. The second-order valence-electron chi connectivity index (χ2n) is 7.07. The van der Waals surface area contributed by atoms with Crippen LogP contribution in [0.1, 0.15) is 17.5 Å². The lowest BCUT2D eigenvalue weighted by molar-refractivity contribution is 0.559. The van der Waals surface area contributed by atoms with Crippen molar-refractivity contribution in [2.45, 2.75) is 33.4 Å². The quantitative estimate of drug-likeness (QED) is 0.375. The molecule has 4 nitrogen and oxygen atoms in total. The molecule has 2 aromatic heterocycles. The predicted octanol–water partition coefficient (Wildman–Crippen LogP) is 6.01. The molecule has 0 radical (unpaired) electrons. The number of halogens is 1. The van der Waals surface area contributed by atoms with E-state index in [1.54, 1.807) is 11.3 Å². The van der Waals surface area contributed by atoms with E-state index >= 15 is 0 Å². The SMILES string of the molecule is Cc1cccc(C)c1N=c1scc(-c2ccc(Cl)cc2)n1CCCn1ccnc1. The fraction of sp³-hybridized carbons (Fsp3) is 0.217. The molecule has 29 heavy (non-hydrogen) atoms. The van der Waals surface area contributed by atoms with Crippen molar-refractivity contribution in [1.82, 2.24) is 14.1 Å². The molecular weight excluding hydrogens is 400 g/mol. The van der Waals surface area contributed by atoms with Gasteiger partial charge in [0.1, 0.15) is 0 Å². The molecule has 0 atom stereocenters. The van der Waals surface area contributed by atoms with Gasteiger partial charge in [-0.25, -0.2) is 9.98 Å². The molecule has 0 saturated carbocycles. The van der Waals surface area contributed by atoms with Crippen molar-refractivity contribution in [2.75, 3.05) is 0 Å². The molecular formula is C23H23ClN4S. The van der Waals surface area contributed by atoms with E-state index in [2.05, 4.69) is 63.7 Å². The fourth-order valence-corrected chi connectivity index (χ4v) is 4.46. The van der Waals surface area contributed by atoms with Crippen molar-refractivity contribution in [3.05, 3.63) is 87.5 Å². The van der Waals surface area contributed by atoms with Gasteiger partial charge in [0.05, 0.1) is 17.7 Å². The number of para-hydroxylation sites is 1. The number of aryl methyl sites for hydroxylation is 3. The highest BCUT2D eigenvalue weighted by Gasteiger charge is 2.10. The van der Waals surface area contributed by atoms with E-state index in [1.807, 2.05) is 30.9 Å². The Labute approximate surface area is 179 Å². The average Bonchev–Trinajstić information content (AvgIpc) is 3.36. The fourth-order valence-electron chi connectivity index (χ4n) is 3.39. The van der Waals surface area contributed by atoms with Gasteiger partial charge >= 0.3 is 0 Å². The van der Waals surface area contributed by atoms with Crippen molar-refractivity contribution in [3.63, 3.8) is 0 Å². The van der Waals surface area contributed by atoms with Crippen molar-refractivity contribution < 1.29 is 0 Å². The molecule has 0 aliphatic rings. The van der Waals surface area contributed by atoms with Gasteiger partial charge in [-0.05, 0) is 49.1 Å². The van der Waals surface area contributed by atoms with Gasteiger partial charge in [-0.2, -0.15) is 0 Å². The lowest BCUT2D eigenvalue weighted by atomic mass is 10.1. The topological polar surface area (TPSA) is 35.1 Å². The number of imidazole rings is 1. The van der Waals surface area contributed by atoms with E-state index in [0.717, 1.165) is 40.6 Å². The van der Waals surface area contributed by atoms with Crippen LogP contribution in [0.15, 0.2) is 71.6 Å². The maximum atomic E-state index is 6.10. The first-order chi connectivity index (χ1) is 14.1. The van der Waals surface area contributed by atoms with E-state index in [4.69, 9.17) is 16.6 Å². The molecule has 6 heteroatoms. The first-order valence-corrected chi connectivity index (χ1v) is 10.9. The summed E-state index contributed by atoms with van der Waals surface area (Å²) in [5.41, 5.74) is 5.76. The van der Waals surface area contributed by atoms with Crippen molar-refractivity contribution in [1.29, 1.82) is 0 Å². The summed E-state index contributed by atoms with van der Waals surface area (Å²) >= 11 is 7.78. The predicted molar refractivity (Wildman–Crippen MR) is 121 cm³/mol. The van der Waals surface area contributed by atoms with Gasteiger partial charge in [-0.15, -0.1) is 11.3 Å². The third-order valence-electron chi connectivity index (χ3n) is 4.94. The van der Waals surface area contributed by atoms with Gasteiger partial charge in [0.2, 0.25) is 0 Å². The first-order valence-electron chi connectivity index (χ1n) is 9.63. The Kier molecular flexibility index (Phi) is 5.97. The molecule has 148 valence electrons. The van der Waals surface area contributed by atoms with Crippen LogP contribution in [0.4, 0.5) is 5.69 Å². The van der Waals surface area contributed by atoms with E-state index in [0.29, 0.717) is 0 Å². The second kappa shape index (κ2) is 8.80. The number of hydrogen-bond acceptors (Lipinski definition) is 3. The summed E-state index contributed by atoms with van der Waals surface area (Å²) in [5.74, 6) is 0. The van der Waals surface area contributed by atoms with Crippen LogP contribution in [0.2, 0.25) is 5.02 Å². The molecule has 0 saturated heterocycles. The zero-order chi connectivity index (χ0) is 20.2. The largest absolute Gasteiger partial charge is 0.337 e. The molecule has 0 aliphatic carbocycles. The number of benzene rings is 2. The van der Waals surface area contributed by atoms with Crippen molar-refractivity contribution in [3.8, 4) is 11.3 Å². The van der Waals surface area contributed by atoms with Crippen LogP contribution in [0, 0.1) is 13.8 Å². The molecule has 2 aromatic carbocycles. The highest BCUT2D eigenvalue weighted by atomic mass is 35.5. The molecule has 0 unspecified atom stereocenters. The third-order valence-corrected chi connectivity index (χ3v) is 6.06. The Morgan fingerprint density at radius 3 is 2.48 bits per heavy atom. The van der Waals surface area contributed by atoms with E-state index in [9.17, 15) is 0 Å². The Morgan fingerprint density at radius 1 is 1.03 bits per heavy atom. The maximum Gasteiger partial charge on any atom is 0.190 e.